The number of amides is 1. The number of morpholine rings is 1. The monoisotopic (exact) mass is 306 g/mol. The summed E-state index contributed by atoms with van der Waals surface area (Å²) in [6, 6.07) is 4.23. The van der Waals surface area contributed by atoms with E-state index in [0.717, 1.165) is 30.9 Å². The predicted molar refractivity (Wildman–Crippen MR) is 83.6 cm³/mol. The van der Waals surface area contributed by atoms with Crippen molar-refractivity contribution in [3.63, 3.8) is 0 Å². The van der Waals surface area contributed by atoms with Crippen molar-refractivity contribution >= 4 is 5.91 Å². The lowest BCUT2D eigenvalue weighted by Gasteiger charge is -2.44. The first-order valence-electron chi connectivity index (χ1n) is 8.36. The highest BCUT2D eigenvalue weighted by Gasteiger charge is 2.36. The minimum atomic E-state index is 0.0424. The van der Waals surface area contributed by atoms with E-state index < -0.39 is 0 Å². The summed E-state index contributed by atoms with van der Waals surface area (Å²) in [5, 5.41) is 3.28. The fraction of sp³-hybridized carbons (Fsp3) is 0.706. The van der Waals surface area contributed by atoms with E-state index >= 15 is 0 Å². The third-order valence-corrected chi connectivity index (χ3v) is 4.80. The van der Waals surface area contributed by atoms with Gasteiger partial charge in [-0.05, 0) is 38.8 Å². The second-order valence-corrected chi connectivity index (χ2v) is 6.40. The molecule has 1 saturated heterocycles. The maximum absolute atomic E-state index is 12.6. The van der Waals surface area contributed by atoms with Gasteiger partial charge in [0, 0.05) is 6.54 Å². The van der Waals surface area contributed by atoms with Crippen LogP contribution in [0.5, 0.6) is 0 Å². The molecule has 0 unspecified atom stereocenters. The smallest absolute Gasteiger partial charge is 0.236 e. The number of carbonyl (C=O) groups is 1. The summed E-state index contributed by atoms with van der Waals surface area (Å²) in [7, 11) is 0. The van der Waals surface area contributed by atoms with E-state index in [1.807, 2.05) is 30.9 Å². The third kappa shape index (κ3) is 3.36. The summed E-state index contributed by atoms with van der Waals surface area (Å²) < 4.78 is 11.4. The molecule has 0 spiro atoms. The van der Waals surface area contributed by atoms with Gasteiger partial charge in [0.15, 0.2) is 0 Å². The summed E-state index contributed by atoms with van der Waals surface area (Å²) in [6.45, 7) is 5.69. The first-order chi connectivity index (χ1) is 10.6. The van der Waals surface area contributed by atoms with Crippen LogP contribution >= 0.6 is 0 Å². The minimum absolute atomic E-state index is 0.0424. The standard InChI is InChI=1S/C17H26N2O3/c1-12-7-8-15(22-12)13(2)18-11-17(20)19-9-10-21-16-6-4-3-5-14(16)19/h7-8,13-14,16,18H,3-6,9-11H2,1-2H3/t13-,14+,16+/m0/s1. The highest BCUT2D eigenvalue weighted by atomic mass is 16.5. The van der Waals surface area contributed by atoms with Crippen LogP contribution in [0.1, 0.15) is 50.2 Å². The Hall–Kier alpha value is -1.33. The molecular formula is C17H26N2O3. The number of aryl methyl sites for hydroxylation is 1. The number of ether oxygens (including phenoxy) is 1. The minimum Gasteiger partial charge on any atom is -0.465 e. The number of nitrogens with zero attached hydrogens (tertiary/aromatic N) is 1. The normalized spacial score (nSPS) is 26.5. The molecule has 2 aliphatic rings. The van der Waals surface area contributed by atoms with Gasteiger partial charge in [-0.25, -0.2) is 0 Å². The van der Waals surface area contributed by atoms with E-state index in [9.17, 15) is 4.79 Å². The molecule has 1 aliphatic carbocycles. The average Bonchev–Trinajstić information content (AvgIpc) is 2.98. The third-order valence-electron chi connectivity index (χ3n) is 4.80. The Kier molecular flexibility index (Phi) is 4.84. The van der Waals surface area contributed by atoms with Gasteiger partial charge in [0.05, 0.1) is 31.3 Å². The van der Waals surface area contributed by atoms with Crippen molar-refractivity contribution in [3.8, 4) is 0 Å². The first kappa shape index (κ1) is 15.6. The first-order valence-corrected chi connectivity index (χ1v) is 8.36. The Balaban J connectivity index is 1.54. The molecule has 122 valence electrons. The Morgan fingerprint density at radius 1 is 1.41 bits per heavy atom. The summed E-state index contributed by atoms with van der Waals surface area (Å²) >= 11 is 0. The molecule has 0 radical (unpaired) electrons. The van der Waals surface area contributed by atoms with Crippen LogP contribution in [-0.2, 0) is 9.53 Å². The molecule has 22 heavy (non-hydrogen) atoms. The van der Waals surface area contributed by atoms with Gasteiger partial charge in [0.1, 0.15) is 11.5 Å². The van der Waals surface area contributed by atoms with Gasteiger partial charge < -0.3 is 14.1 Å². The predicted octanol–water partition coefficient (Wildman–Crippen LogP) is 2.41. The van der Waals surface area contributed by atoms with Crippen LogP contribution in [0, 0.1) is 6.92 Å². The van der Waals surface area contributed by atoms with E-state index in [1.165, 1.54) is 12.8 Å². The molecule has 1 aromatic heterocycles. The molecule has 1 amide bonds. The van der Waals surface area contributed by atoms with Crippen molar-refractivity contribution in [2.24, 2.45) is 0 Å². The molecule has 3 atom stereocenters. The van der Waals surface area contributed by atoms with Crippen LogP contribution in [0.2, 0.25) is 0 Å². The average molecular weight is 306 g/mol. The zero-order chi connectivity index (χ0) is 15.5. The summed E-state index contributed by atoms with van der Waals surface area (Å²) in [5.74, 6) is 1.95. The van der Waals surface area contributed by atoms with Gasteiger partial charge in [-0.1, -0.05) is 12.8 Å². The number of rotatable bonds is 4. The maximum Gasteiger partial charge on any atom is 0.236 e. The zero-order valence-electron chi connectivity index (χ0n) is 13.5. The molecule has 0 bridgehead atoms. The molecule has 2 heterocycles. The Labute approximate surface area is 132 Å². The molecule has 5 heteroatoms. The van der Waals surface area contributed by atoms with Crippen molar-refractivity contribution in [2.45, 2.75) is 57.7 Å². The lowest BCUT2D eigenvalue weighted by atomic mass is 9.90. The highest BCUT2D eigenvalue weighted by molar-refractivity contribution is 5.78. The Morgan fingerprint density at radius 3 is 3.00 bits per heavy atom. The molecule has 2 fully saturated rings. The van der Waals surface area contributed by atoms with Crippen molar-refractivity contribution in [2.75, 3.05) is 19.7 Å². The maximum atomic E-state index is 12.6. The molecule has 5 nitrogen and oxygen atoms in total. The molecule has 0 aromatic carbocycles. The Bertz CT molecular complexity index is 512. The molecule has 3 rings (SSSR count). The Morgan fingerprint density at radius 2 is 2.23 bits per heavy atom. The van der Waals surface area contributed by atoms with E-state index in [1.54, 1.807) is 0 Å². The van der Waals surface area contributed by atoms with Crippen molar-refractivity contribution in [1.29, 1.82) is 0 Å². The van der Waals surface area contributed by atoms with Crippen molar-refractivity contribution in [1.82, 2.24) is 10.2 Å². The van der Waals surface area contributed by atoms with Gasteiger partial charge in [0.25, 0.3) is 0 Å². The van der Waals surface area contributed by atoms with Crippen LogP contribution < -0.4 is 5.32 Å². The molecular weight excluding hydrogens is 280 g/mol. The molecule has 1 aromatic rings. The zero-order valence-corrected chi connectivity index (χ0v) is 13.5. The number of carbonyl (C=O) groups excluding carboxylic acids is 1. The van der Waals surface area contributed by atoms with E-state index in [-0.39, 0.29) is 24.1 Å². The van der Waals surface area contributed by atoms with Gasteiger partial charge in [0.2, 0.25) is 5.91 Å². The molecule has 1 N–H and O–H groups in total. The SMILES string of the molecule is Cc1ccc([C@H](C)NCC(=O)N2CCO[C@@H]3CCCC[C@H]32)o1. The fourth-order valence-electron chi connectivity index (χ4n) is 3.53. The quantitative estimate of drug-likeness (QED) is 0.928. The number of nitrogens with one attached hydrogen (secondary N) is 1. The second-order valence-electron chi connectivity index (χ2n) is 6.40. The van der Waals surface area contributed by atoms with Crippen LogP contribution in [0.3, 0.4) is 0 Å². The van der Waals surface area contributed by atoms with Gasteiger partial charge in [-0.2, -0.15) is 0 Å². The number of furan rings is 1. The van der Waals surface area contributed by atoms with Crippen LogP contribution in [0.15, 0.2) is 16.5 Å². The van der Waals surface area contributed by atoms with Gasteiger partial charge in [-0.15, -0.1) is 0 Å². The lowest BCUT2D eigenvalue weighted by Crippen LogP contribution is -2.56. The van der Waals surface area contributed by atoms with Crippen molar-refractivity contribution in [3.05, 3.63) is 23.7 Å². The van der Waals surface area contributed by atoms with E-state index in [4.69, 9.17) is 9.15 Å². The highest BCUT2D eigenvalue weighted by Crippen LogP contribution is 2.28. The van der Waals surface area contributed by atoms with Crippen LogP contribution in [0.25, 0.3) is 0 Å². The van der Waals surface area contributed by atoms with Crippen molar-refractivity contribution < 1.29 is 13.9 Å². The number of hydrogen-bond donors (Lipinski definition) is 1. The number of fused-ring (bicyclic) bond motifs is 1. The second kappa shape index (κ2) is 6.84. The summed E-state index contributed by atoms with van der Waals surface area (Å²) in [5.41, 5.74) is 0. The lowest BCUT2D eigenvalue weighted by molar-refractivity contribution is -0.148. The number of hydrogen-bond acceptors (Lipinski definition) is 4. The van der Waals surface area contributed by atoms with Gasteiger partial charge in [-0.3, -0.25) is 10.1 Å². The van der Waals surface area contributed by atoms with Gasteiger partial charge >= 0.3 is 0 Å². The van der Waals surface area contributed by atoms with E-state index in [2.05, 4.69) is 5.32 Å². The van der Waals surface area contributed by atoms with Crippen LogP contribution in [0.4, 0.5) is 0 Å². The summed E-state index contributed by atoms with van der Waals surface area (Å²) in [6.07, 6.45) is 4.82. The molecule has 1 aliphatic heterocycles. The van der Waals surface area contributed by atoms with Crippen LogP contribution in [-0.4, -0.2) is 42.6 Å². The largest absolute Gasteiger partial charge is 0.465 e. The van der Waals surface area contributed by atoms with E-state index in [0.29, 0.717) is 13.2 Å². The topological polar surface area (TPSA) is 54.7 Å². The molecule has 1 saturated carbocycles. The summed E-state index contributed by atoms with van der Waals surface area (Å²) in [4.78, 5) is 14.6. The fourth-order valence-corrected chi connectivity index (χ4v) is 3.53.